The third kappa shape index (κ3) is 4.79. The second-order valence-electron chi connectivity index (χ2n) is 5.31. The zero-order valence-electron chi connectivity index (χ0n) is 14.9. The van der Waals surface area contributed by atoms with Gasteiger partial charge in [0.2, 0.25) is 0 Å². The van der Waals surface area contributed by atoms with Gasteiger partial charge in [0.25, 0.3) is 5.91 Å². The predicted octanol–water partition coefficient (Wildman–Crippen LogP) is 2.80. The fourth-order valence-corrected chi connectivity index (χ4v) is 2.31. The van der Waals surface area contributed by atoms with Crippen LogP contribution in [-0.4, -0.2) is 33.3 Å². The van der Waals surface area contributed by atoms with E-state index in [1.54, 1.807) is 52.5 Å². The van der Waals surface area contributed by atoms with Gasteiger partial charge in [0.15, 0.2) is 17.6 Å². The minimum absolute atomic E-state index is 0.222. The van der Waals surface area contributed by atoms with Crippen molar-refractivity contribution in [3.63, 3.8) is 0 Å². The molecule has 2 aromatic carbocycles. The van der Waals surface area contributed by atoms with Gasteiger partial charge in [-0.15, -0.1) is 0 Å². The molecule has 0 aliphatic heterocycles. The summed E-state index contributed by atoms with van der Waals surface area (Å²) in [6.07, 6.45) is -0.617. The van der Waals surface area contributed by atoms with E-state index >= 15 is 0 Å². The van der Waals surface area contributed by atoms with Crippen LogP contribution in [0.4, 0.5) is 0 Å². The monoisotopic (exact) mass is 345 g/mol. The third-order valence-corrected chi connectivity index (χ3v) is 3.66. The molecule has 134 valence electrons. The second kappa shape index (κ2) is 8.82. The minimum atomic E-state index is -0.617. The minimum Gasteiger partial charge on any atom is -0.496 e. The normalized spacial score (nSPS) is 11.4. The maximum absolute atomic E-state index is 12.3. The number of amides is 1. The first-order valence-corrected chi connectivity index (χ1v) is 7.87. The Bertz CT molecular complexity index is 702. The predicted molar refractivity (Wildman–Crippen MR) is 94.5 cm³/mol. The highest BCUT2D eigenvalue weighted by Gasteiger charge is 2.17. The maximum Gasteiger partial charge on any atom is 0.261 e. The van der Waals surface area contributed by atoms with E-state index in [0.29, 0.717) is 23.0 Å². The summed E-state index contributed by atoms with van der Waals surface area (Å²) < 4.78 is 21.5. The molecule has 2 aromatic rings. The molecule has 0 aliphatic rings. The van der Waals surface area contributed by atoms with E-state index in [9.17, 15) is 4.79 Å². The summed E-state index contributed by atoms with van der Waals surface area (Å²) in [6.45, 7) is 1.99. The van der Waals surface area contributed by atoms with Crippen LogP contribution in [0.1, 0.15) is 12.5 Å². The van der Waals surface area contributed by atoms with Crippen LogP contribution in [0, 0.1) is 0 Å². The highest BCUT2D eigenvalue weighted by atomic mass is 16.5. The van der Waals surface area contributed by atoms with Gasteiger partial charge in [0.05, 0.1) is 21.3 Å². The standard InChI is InChI=1S/C19H23NO5/c1-13(25-15-8-6-5-7-9-15)19(21)20-12-14-10-17(23-3)18(24-4)11-16(14)22-2/h5-11,13H,12H2,1-4H3,(H,20,21). The van der Waals surface area contributed by atoms with Gasteiger partial charge in [-0.2, -0.15) is 0 Å². The van der Waals surface area contributed by atoms with Gasteiger partial charge in [0, 0.05) is 18.2 Å². The Morgan fingerprint density at radius 1 is 0.960 bits per heavy atom. The van der Waals surface area contributed by atoms with Crippen molar-refractivity contribution in [3.8, 4) is 23.0 Å². The van der Waals surface area contributed by atoms with Crippen molar-refractivity contribution in [2.45, 2.75) is 19.6 Å². The first kappa shape index (κ1) is 18.4. The quantitative estimate of drug-likeness (QED) is 0.797. The Balaban J connectivity index is 2.03. The lowest BCUT2D eigenvalue weighted by Crippen LogP contribution is -2.36. The number of benzene rings is 2. The summed E-state index contributed by atoms with van der Waals surface area (Å²) >= 11 is 0. The highest BCUT2D eigenvalue weighted by molar-refractivity contribution is 5.80. The molecule has 0 radical (unpaired) electrons. The Hall–Kier alpha value is -2.89. The zero-order valence-corrected chi connectivity index (χ0v) is 14.9. The number of carbonyl (C=O) groups is 1. The molecular formula is C19H23NO5. The van der Waals surface area contributed by atoms with E-state index in [4.69, 9.17) is 18.9 Å². The van der Waals surface area contributed by atoms with Crippen molar-refractivity contribution >= 4 is 5.91 Å². The molecule has 0 bridgehead atoms. The molecule has 1 atom stereocenters. The van der Waals surface area contributed by atoms with Crippen LogP contribution in [0.2, 0.25) is 0 Å². The van der Waals surface area contributed by atoms with Crippen LogP contribution in [0.5, 0.6) is 23.0 Å². The van der Waals surface area contributed by atoms with Crippen LogP contribution >= 0.6 is 0 Å². The summed E-state index contributed by atoms with van der Waals surface area (Å²) in [4.78, 5) is 12.3. The van der Waals surface area contributed by atoms with E-state index in [0.717, 1.165) is 5.56 Å². The van der Waals surface area contributed by atoms with E-state index in [2.05, 4.69) is 5.32 Å². The molecule has 0 saturated heterocycles. The fraction of sp³-hybridized carbons (Fsp3) is 0.316. The molecule has 0 spiro atoms. The maximum atomic E-state index is 12.3. The Morgan fingerprint density at radius 3 is 2.16 bits per heavy atom. The summed E-state index contributed by atoms with van der Waals surface area (Å²) in [5.41, 5.74) is 0.778. The molecular weight excluding hydrogens is 322 g/mol. The van der Waals surface area contributed by atoms with Gasteiger partial charge in [-0.1, -0.05) is 18.2 Å². The van der Waals surface area contributed by atoms with E-state index in [1.807, 2.05) is 18.2 Å². The molecule has 0 saturated carbocycles. The van der Waals surface area contributed by atoms with Gasteiger partial charge < -0.3 is 24.3 Å². The van der Waals surface area contributed by atoms with Crippen LogP contribution in [0.15, 0.2) is 42.5 Å². The number of para-hydroxylation sites is 1. The lowest BCUT2D eigenvalue weighted by molar-refractivity contribution is -0.127. The third-order valence-electron chi connectivity index (χ3n) is 3.66. The van der Waals surface area contributed by atoms with Crippen LogP contribution in [0.3, 0.4) is 0 Å². The van der Waals surface area contributed by atoms with Crippen LogP contribution in [-0.2, 0) is 11.3 Å². The smallest absolute Gasteiger partial charge is 0.261 e. The van der Waals surface area contributed by atoms with Gasteiger partial charge in [-0.25, -0.2) is 0 Å². The topological polar surface area (TPSA) is 66.0 Å². The average Bonchev–Trinajstić information content (AvgIpc) is 2.65. The Labute approximate surface area is 147 Å². The van der Waals surface area contributed by atoms with Crippen molar-refractivity contribution in [2.75, 3.05) is 21.3 Å². The first-order chi connectivity index (χ1) is 12.1. The van der Waals surface area contributed by atoms with Gasteiger partial charge in [-0.3, -0.25) is 4.79 Å². The molecule has 2 rings (SSSR count). The first-order valence-electron chi connectivity index (χ1n) is 7.87. The molecule has 1 amide bonds. The summed E-state index contributed by atoms with van der Waals surface area (Å²) in [7, 11) is 4.68. The lowest BCUT2D eigenvalue weighted by atomic mass is 10.1. The largest absolute Gasteiger partial charge is 0.496 e. The summed E-state index contributed by atoms with van der Waals surface area (Å²) in [6, 6.07) is 12.7. The highest BCUT2D eigenvalue weighted by Crippen LogP contribution is 2.34. The van der Waals surface area contributed by atoms with E-state index in [-0.39, 0.29) is 12.5 Å². The van der Waals surface area contributed by atoms with Crippen molar-refractivity contribution in [2.24, 2.45) is 0 Å². The Morgan fingerprint density at radius 2 is 1.56 bits per heavy atom. The molecule has 0 heterocycles. The van der Waals surface area contributed by atoms with Crippen molar-refractivity contribution < 1.29 is 23.7 Å². The molecule has 25 heavy (non-hydrogen) atoms. The van der Waals surface area contributed by atoms with E-state index in [1.165, 1.54) is 0 Å². The zero-order chi connectivity index (χ0) is 18.2. The molecule has 1 N–H and O–H groups in total. The molecule has 6 heteroatoms. The summed E-state index contributed by atoms with van der Waals surface area (Å²) in [5, 5.41) is 2.84. The van der Waals surface area contributed by atoms with Crippen molar-refractivity contribution in [1.29, 1.82) is 0 Å². The van der Waals surface area contributed by atoms with Crippen LogP contribution < -0.4 is 24.3 Å². The van der Waals surface area contributed by atoms with Crippen LogP contribution in [0.25, 0.3) is 0 Å². The van der Waals surface area contributed by atoms with Gasteiger partial charge >= 0.3 is 0 Å². The average molecular weight is 345 g/mol. The summed E-state index contributed by atoms with van der Waals surface area (Å²) in [5.74, 6) is 2.17. The van der Waals surface area contributed by atoms with Gasteiger partial charge in [-0.05, 0) is 25.1 Å². The van der Waals surface area contributed by atoms with E-state index < -0.39 is 6.10 Å². The van der Waals surface area contributed by atoms with Gasteiger partial charge in [0.1, 0.15) is 11.5 Å². The fourth-order valence-electron chi connectivity index (χ4n) is 2.31. The number of methoxy groups -OCH3 is 3. The number of hydrogen-bond acceptors (Lipinski definition) is 5. The van der Waals surface area contributed by atoms with Crippen molar-refractivity contribution in [1.82, 2.24) is 5.32 Å². The number of nitrogens with one attached hydrogen (secondary N) is 1. The number of hydrogen-bond donors (Lipinski definition) is 1. The van der Waals surface area contributed by atoms with Crippen molar-refractivity contribution in [3.05, 3.63) is 48.0 Å². The molecule has 0 aliphatic carbocycles. The second-order valence-corrected chi connectivity index (χ2v) is 5.31. The number of carbonyl (C=O) groups excluding carboxylic acids is 1. The number of rotatable bonds is 8. The molecule has 0 aromatic heterocycles. The molecule has 0 fully saturated rings. The molecule has 6 nitrogen and oxygen atoms in total. The SMILES string of the molecule is COc1cc(OC)c(OC)cc1CNC(=O)C(C)Oc1ccccc1. The lowest BCUT2D eigenvalue weighted by Gasteiger charge is -2.17. The Kier molecular flexibility index (Phi) is 6.51. The number of ether oxygens (including phenoxy) is 4. The molecule has 1 unspecified atom stereocenters.